The molecule has 0 N–H and O–H groups in total. The third kappa shape index (κ3) is 17.6. The maximum Gasteiger partial charge on any atom is 0.157 e. The molecule has 0 aromatic rings. The van der Waals surface area contributed by atoms with Gasteiger partial charge in [0, 0.05) is 32.3 Å². The molecule has 0 aromatic carbocycles. The number of rotatable bonds is 13. The van der Waals surface area contributed by atoms with E-state index in [1.54, 1.807) is 0 Å². The van der Waals surface area contributed by atoms with Crippen LogP contribution >= 0.6 is 31.9 Å². The molecule has 0 spiro atoms. The molecule has 32 heavy (non-hydrogen) atoms. The molecule has 0 radical (unpaired) electrons. The van der Waals surface area contributed by atoms with Crippen molar-refractivity contribution in [2.24, 2.45) is 11.8 Å². The third-order valence-electron chi connectivity index (χ3n) is 5.66. The molecule has 4 nitrogen and oxygen atoms in total. The third-order valence-corrected chi connectivity index (χ3v) is 6.19. The average Bonchev–Trinajstić information content (AvgIpc) is 2.80. The van der Waals surface area contributed by atoms with Crippen LogP contribution in [0.1, 0.15) is 90.9 Å². The average molecular weight is 580 g/mol. The monoisotopic (exact) mass is 578 g/mol. The summed E-state index contributed by atoms with van der Waals surface area (Å²) in [6.07, 6.45) is 21.5. The Morgan fingerprint density at radius 3 is 1.88 bits per heavy atom. The van der Waals surface area contributed by atoms with E-state index in [9.17, 15) is 0 Å². The van der Waals surface area contributed by atoms with Gasteiger partial charge in [0.25, 0.3) is 0 Å². The van der Waals surface area contributed by atoms with Gasteiger partial charge in [-0.2, -0.15) is 0 Å². The summed E-state index contributed by atoms with van der Waals surface area (Å²) in [5, 5.41) is 0. The van der Waals surface area contributed by atoms with Gasteiger partial charge in [-0.05, 0) is 108 Å². The van der Waals surface area contributed by atoms with Gasteiger partial charge >= 0.3 is 0 Å². The van der Waals surface area contributed by atoms with Crippen molar-refractivity contribution in [1.82, 2.24) is 0 Å². The molecule has 0 aliphatic carbocycles. The summed E-state index contributed by atoms with van der Waals surface area (Å²) in [4.78, 5) is 0. The molecule has 2 aliphatic heterocycles. The van der Waals surface area contributed by atoms with Crippen LogP contribution < -0.4 is 0 Å². The summed E-state index contributed by atoms with van der Waals surface area (Å²) in [5.41, 5.74) is 0. The zero-order valence-electron chi connectivity index (χ0n) is 20.2. The molecule has 2 unspecified atom stereocenters. The minimum absolute atomic E-state index is 0.0591. The molecule has 4 atom stereocenters. The summed E-state index contributed by atoms with van der Waals surface area (Å²) in [6.45, 7) is 7.68. The molecular weight excluding hydrogens is 536 g/mol. The SMILES string of the molecule is C#C[C@H](C)CCCCOC1CCCCO1.C[C@@H](C=C(Br)Br)CCCCOC1CCCCO1. The lowest BCUT2D eigenvalue weighted by atomic mass is 10.1. The number of unbranched alkanes of at least 4 members (excludes halogenated alkanes) is 2. The van der Waals surface area contributed by atoms with Gasteiger partial charge in [-0.3, -0.25) is 0 Å². The maximum atomic E-state index is 5.69. The summed E-state index contributed by atoms with van der Waals surface area (Å²) < 4.78 is 23.3. The molecule has 6 heteroatoms. The Hall–Kier alpha value is 0.1000. The highest BCUT2D eigenvalue weighted by atomic mass is 79.9. The first kappa shape index (κ1) is 30.1. The fourth-order valence-corrected chi connectivity index (χ4v) is 4.52. The number of hydrogen-bond acceptors (Lipinski definition) is 4. The first-order valence-corrected chi connectivity index (χ1v) is 14.0. The second kappa shape index (κ2) is 20.5. The Labute approximate surface area is 213 Å². The van der Waals surface area contributed by atoms with E-state index in [-0.39, 0.29) is 12.6 Å². The van der Waals surface area contributed by atoms with Crippen molar-refractivity contribution in [1.29, 1.82) is 0 Å². The van der Waals surface area contributed by atoms with Gasteiger partial charge in [0.1, 0.15) is 0 Å². The van der Waals surface area contributed by atoms with Crippen molar-refractivity contribution in [3.05, 3.63) is 9.47 Å². The van der Waals surface area contributed by atoms with Gasteiger partial charge < -0.3 is 18.9 Å². The van der Waals surface area contributed by atoms with Gasteiger partial charge in [-0.25, -0.2) is 0 Å². The minimum atomic E-state index is 0.0591. The molecule has 186 valence electrons. The van der Waals surface area contributed by atoms with Crippen molar-refractivity contribution < 1.29 is 18.9 Å². The standard InChI is InChI=1S/C13H22Br2O2.C13H22O2/c1-11(10-12(14)15)6-2-4-8-16-13-7-3-5-9-17-13;1-3-12(2)8-4-6-10-14-13-9-5-7-11-15-13/h10-11,13H,2-9H2,1H3;1,12-13H,4-11H2,2H3/t11-,13?;12-,13?/m10/s1. The van der Waals surface area contributed by atoms with Gasteiger partial charge in [0.05, 0.1) is 3.39 Å². The van der Waals surface area contributed by atoms with E-state index in [1.165, 1.54) is 38.5 Å². The van der Waals surface area contributed by atoms with Crippen LogP contribution in [0.2, 0.25) is 0 Å². The van der Waals surface area contributed by atoms with E-state index in [1.807, 2.05) is 0 Å². The highest BCUT2D eigenvalue weighted by molar-refractivity contribution is 9.28. The highest BCUT2D eigenvalue weighted by Gasteiger charge is 2.14. The molecule has 0 bridgehead atoms. The van der Waals surface area contributed by atoms with Crippen LogP contribution in [-0.4, -0.2) is 39.0 Å². The van der Waals surface area contributed by atoms with Crippen LogP contribution in [0.15, 0.2) is 9.47 Å². The van der Waals surface area contributed by atoms with Gasteiger partial charge in [-0.1, -0.05) is 26.3 Å². The predicted octanol–water partition coefficient (Wildman–Crippen LogP) is 7.94. The molecule has 2 saturated heterocycles. The zero-order chi connectivity index (χ0) is 23.4. The first-order valence-electron chi connectivity index (χ1n) is 12.5. The quantitative estimate of drug-likeness (QED) is 0.164. The van der Waals surface area contributed by atoms with Crippen LogP contribution in [0.25, 0.3) is 0 Å². The summed E-state index contributed by atoms with van der Waals surface area (Å²) in [6, 6.07) is 0. The van der Waals surface area contributed by atoms with E-state index in [0.29, 0.717) is 11.8 Å². The van der Waals surface area contributed by atoms with Crippen LogP contribution in [-0.2, 0) is 18.9 Å². The largest absolute Gasteiger partial charge is 0.353 e. The minimum Gasteiger partial charge on any atom is -0.353 e. The van der Waals surface area contributed by atoms with Crippen LogP contribution in [0.5, 0.6) is 0 Å². The second-order valence-electron chi connectivity index (χ2n) is 8.83. The number of terminal acetylenes is 1. The number of halogens is 2. The van der Waals surface area contributed by atoms with E-state index in [2.05, 4.69) is 57.7 Å². The molecule has 0 saturated carbocycles. The van der Waals surface area contributed by atoms with E-state index < -0.39 is 0 Å². The number of ether oxygens (including phenoxy) is 4. The second-order valence-corrected chi connectivity index (χ2v) is 11.6. The van der Waals surface area contributed by atoms with Crippen LogP contribution in [0.4, 0.5) is 0 Å². The maximum absolute atomic E-state index is 5.69. The zero-order valence-corrected chi connectivity index (χ0v) is 23.3. The molecule has 2 rings (SSSR count). The van der Waals surface area contributed by atoms with Gasteiger partial charge in [-0.15, -0.1) is 12.3 Å². The van der Waals surface area contributed by atoms with Crippen molar-refractivity contribution in [3.8, 4) is 12.3 Å². The first-order chi connectivity index (χ1) is 15.5. The Morgan fingerprint density at radius 1 is 0.906 bits per heavy atom. The summed E-state index contributed by atoms with van der Waals surface area (Å²) in [5.74, 6) is 3.74. The van der Waals surface area contributed by atoms with Gasteiger partial charge in [0.15, 0.2) is 12.6 Å². The van der Waals surface area contributed by atoms with Crippen molar-refractivity contribution in [3.63, 3.8) is 0 Å². The van der Waals surface area contributed by atoms with Crippen molar-refractivity contribution in [2.75, 3.05) is 26.4 Å². The van der Waals surface area contributed by atoms with Crippen LogP contribution in [0.3, 0.4) is 0 Å². The fraction of sp³-hybridized carbons (Fsp3) is 0.846. The topological polar surface area (TPSA) is 36.9 Å². The van der Waals surface area contributed by atoms with Gasteiger partial charge in [0.2, 0.25) is 0 Å². The Balaban J connectivity index is 0.000000323. The summed E-state index contributed by atoms with van der Waals surface area (Å²) >= 11 is 6.77. The summed E-state index contributed by atoms with van der Waals surface area (Å²) in [7, 11) is 0. The molecule has 0 aromatic heterocycles. The lowest BCUT2D eigenvalue weighted by Gasteiger charge is -2.22. The molecule has 2 heterocycles. The van der Waals surface area contributed by atoms with E-state index in [0.717, 1.165) is 68.3 Å². The smallest absolute Gasteiger partial charge is 0.157 e. The fourth-order valence-electron chi connectivity index (χ4n) is 3.62. The van der Waals surface area contributed by atoms with Crippen molar-refractivity contribution in [2.45, 2.75) is 103 Å². The highest BCUT2D eigenvalue weighted by Crippen LogP contribution is 2.20. The van der Waals surface area contributed by atoms with Crippen molar-refractivity contribution >= 4 is 31.9 Å². The molecule has 0 amide bonds. The number of allylic oxidation sites excluding steroid dienone is 1. The molecular formula is C26H44Br2O4. The normalized spacial score (nSPS) is 22.7. The van der Waals surface area contributed by atoms with E-state index in [4.69, 9.17) is 25.4 Å². The Kier molecular flexibility index (Phi) is 19.3. The van der Waals surface area contributed by atoms with Crippen LogP contribution in [0, 0.1) is 24.2 Å². The van der Waals surface area contributed by atoms with E-state index >= 15 is 0 Å². The predicted molar refractivity (Wildman–Crippen MR) is 140 cm³/mol. The lowest BCUT2D eigenvalue weighted by Crippen LogP contribution is -2.22. The molecule has 2 fully saturated rings. The Morgan fingerprint density at radius 2 is 1.44 bits per heavy atom. The number of hydrogen-bond donors (Lipinski definition) is 0. The Bertz CT molecular complexity index is 504. The molecule has 2 aliphatic rings. The lowest BCUT2D eigenvalue weighted by molar-refractivity contribution is -0.163.